The first-order valence-electron chi connectivity index (χ1n) is 23.4. The van der Waals surface area contributed by atoms with Crippen molar-refractivity contribution in [1.82, 2.24) is 39.7 Å². The number of hydrogen-bond donors (Lipinski definition) is 4. The molecule has 2 atom stereocenters. The van der Waals surface area contributed by atoms with Gasteiger partial charge in [-0.25, -0.2) is 17.8 Å². The number of amides is 4. The van der Waals surface area contributed by atoms with E-state index in [4.69, 9.17) is 20.7 Å². The summed E-state index contributed by atoms with van der Waals surface area (Å²) in [5.41, 5.74) is 12.8. The van der Waals surface area contributed by atoms with Crippen LogP contribution >= 0.6 is 0 Å². The molecule has 22 heteroatoms. The molecule has 0 radical (unpaired) electrons. The highest BCUT2D eigenvalue weighted by atomic mass is 32.2. The molecule has 10 rings (SSSR count). The van der Waals surface area contributed by atoms with Gasteiger partial charge < -0.3 is 15.8 Å². The Morgan fingerprint density at radius 3 is 2.34 bits per heavy atom. The number of fused-ring (bicyclic) bond motifs is 2. The zero-order chi connectivity index (χ0) is 51.3. The van der Waals surface area contributed by atoms with Crippen LogP contribution in [0.5, 0.6) is 5.75 Å². The average Bonchev–Trinajstić information content (AvgIpc) is 4.07. The number of hydrogen-bond acceptors (Lipinski definition) is 13. The molecule has 4 aromatic carbocycles. The molecule has 7 aromatic rings. The predicted octanol–water partition coefficient (Wildman–Crippen LogP) is 7.17. The number of carbonyl (C=O) groups excluding carboxylic acids is 4. The number of aromatic nitrogens is 5. The van der Waals surface area contributed by atoms with Gasteiger partial charge in [0.15, 0.2) is 0 Å². The van der Waals surface area contributed by atoms with E-state index in [2.05, 4.69) is 32.7 Å². The third-order valence-corrected chi connectivity index (χ3v) is 14.5. The molecule has 0 aliphatic carbocycles. The monoisotopic (exact) mass is 1020 g/mol. The Balaban J connectivity index is 0.791. The molecule has 5 N–H and O–H groups in total. The van der Waals surface area contributed by atoms with E-state index in [9.17, 15) is 40.8 Å². The minimum Gasteiger partial charge on any atom is -0.484 e. The van der Waals surface area contributed by atoms with Gasteiger partial charge in [0.25, 0.3) is 21.8 Å². The molecule has 18 nitrogen and oxygen atoms in total. The summed E-state index contributed by atoms with van der Waals surface area (Å²) >= 11 is 0. The number of nitrogens with two attached hydrogens (primary N) is 1. The fraction of sp³-hybridized carbons (Fsp3) is 0.275. The van der Waals surface area contributed by atoms with Crippen molar-refractivity contribution in [2.75, 3.05) is 28.9 Å². The molecule has 4 amide bonds. The van der Waals surface area contributed by atoms with Crippen molar-refractivity contribution in [1.29, 1.82) is 0 Å². The van der Waals surface area contributed by atoms with E-state index in [-0.39, 0.29) is 47.3 Å². The van der Waals surface area contributed by atoms with Crippen molar-refractivity contribution < 1.29 is 45.5 Å². The van der Waals surface area contributed by atoms with Crippen molar-refractivity contribution >= 4 is 61.7 Å². The van der Waals surface area contributed by atoms with Gasteiger partial charge in [-0.05, 0) is 79.3 Å². The highest BCUT2D eigenvalue weighted by Crippen LogP contribution is 2.41. The molecule has 0 spiro atoms. The van der Waals surface area contributed by atoms with Gasteiger partial charge in [0.2, 0.25) is 11.8 Å². The lowest BCUT2D eigenvalue weighted by Gasteiger charge is -2.32. The average molecular weight is 1020 g/mol. The first-order valence-corrected chi connectivity index (χ1v) is 25.0. The minimum atomic E-state index is -5.07. The van der Waals surface area contributed by atoms with E-state index in [1.807, 2.05) is 27.7 Å². The van der Waals surface area contributed by atoms with Crippen LogP contribution in [0.2, 0.25) is 0 Å². The van der Waals surface area contributed by atoms with Crippen LogP contribution in [-0.4, -0.2) is 91.3 Å². The molecule has 2 fully saturated rings. The molecule has 73 heavy (non-hydrogen) atoms. The number of sulfonamides is 1. The van der Waals surface area contributed by atoms with Crippen LogP contribution in [0.3, 0.4) is 0 Å². The molecular formula is C51H48F3N11O7S. The smallest absolute Gasteiger partial charge is 0.355 e. The van der Waals surface area contributed by atoms with E-state index in [0.29, 0.717) is 45.5 Å². The van der Waals surface area contributed by atoms with Gasteiger partial charge in [-0.2, -0.15) is 19.0 Å². The third kappa shape index (κ3) is 9.57. The maximum absolute atomic E-state index is 13.7. The quantitative estimate of drug-likeness (QED) is 0.0748. The van der Waals surface area contributed by atoms with Gasteiger partial charge >= 0.3 is 5.76 Å². The number of benzene rings is 4. The number of nitrogens with one attached hydrogen (secondary N) is 3. The van der Waals surface area contributed by atoms with Crippen LogP contribution in [0.25, 0.3) is 33.3 Å². The number of carbonyl (C=O) groups is 4. The van der Waals surface area contributed by atoms with Crippen LogP contribution in [0.4, 0.5) is 30.4 Å². The van der Waals surface area contributed by atoms with Gasteiger partial charge in [0.05, 0.1) is 40.0 Å². The molecule has 376 valence electrons. The highest BCUT2D eigenvalue weighted by Gasteiger charge is 2.45. The number of halogens is 3. The van der Waals surface area contributed by atoms with E-state index < -0.39 is 57.4 Å². The molecule has 0 saturated carbocycles. The first-order chi connectivity index (χ1) is 35.0. The van der Waals surface area contributed by atoms with Crippen LogP contribution in [-0.2, 0) is 39.7 Å². The summed E-state index contributed by atoms with van der Waals surface area (Å²) in [4.78, 5) is 58.9. The number of likely N-dealkylation sites (tertiary alicyclic amines) is 1. The Kier molecular flexibility index (Phi) is 12.9. The zero-order valence-corrected chi connectivity index (χ0v) is 40.2. The number of aryl methyl sites for hydroxylation is 1. The van der Waals surface area contributed by atoms with Crippen LogP contribution in [0, 0.1) is 5.82 Å². The zero-order valence-electron chi connectivity index (χ0n) is 39.4. The Labute approximate surface area is 416 Å². The Morgan fingerprint density at radius 1 is 0.877 bits per heavy atom. The van der Waals surface area contributed by atoms with Gasteiger partial charge in [0.1, 0.15) is 35.2 Å². The SMILES string of the molecule is C[C@H](Oc1cc(-c2nn(C)c3c(-c4cnn(C5CCN(Cc6ccc(CNc7cccc8c7C(=O)N(C7CCC(=O)NC7=O)C8=O)cc6)CC5)c4)cnc(N)c23)ccc1NS(=O)(=O)C(F)F)c1ccc(F)cc1. The molecule has 2 saturated heterocycles. The maximum Gasteiger partial charge on any atom is 0.355 e. The second kappa shape index (κ2) is 19.5. The van der Waals surface area contributed by atoms with Crippen molar-refractivity contribution in [3.05, 3.63) is 137 Å². The standard InChI is InChI=1S/C51H48F3N11O7S/c1-28(31-10-13-34(52)14-11-31)72-41-22-32(12-15-38(41)61-73(70,71)51(53)54)45-44-46(62(2)60-45)37(25-57-47(44)55)33-24-58-64(27-33)35-18-20-63(21-19-35)26-30-8-6-29(7-9-30)23-56-39-5-3-4-36-43(39)50(69)65(49(36)68)40-16-17-42(66)59-48(40)67/h3-15,22,24-25,27-28,35,40,51,56,61H,16-21,23,26H2,1-2H3,(H2,55,57)(H,59,66,67)/t28-,40?/m0/s1. The lowest BCUT2D eigenvalue weighted by atomic mass is 10.0. The number of nitrogen functional groups attached to an aromatic ring is 1. The Bertz CT molecular complexity index is 3430. The highest BCUT2D eigenvalue weighted by molar-refractivity contribution is 7.93. The summed E-state index contributed by atoms with van der Waals surface area (Å²) in [6.07, 6.45) is 6.49. The summed E-state index contributed by atoms with van der Waals surface area (Å²) in [5.74, 6) is -6.29. The van der Waals surface area contributed by atoms with E-state index in [1.54, 1.807) is 49.2 Å². The topological polar surface area (TPSA) is 229 Å². The molecular weight excluding hydrogens is 968 g/mol. The van der Waals surface area contributed by atoms with Crippen LogP contribution < -0.4 is 25.8 Å². The second-order valence-corrected chi connectivity index (χ2v) is 19.9. The van der Waals surface area contributed by atoms with Crippen LogP contribution in [0.15, 0.2) is 104 Å². The van der Waals surface area contributed by atoms with Crippen molar-refractivity contribution in [2.24, 2.45) is 7.05 Å². The summed E-state index contributed by atoms with van der Waals surface area (Å²) in [5, 5.41) is 15.6. The van der Waals surface area contributed by atoms with Crippen LogP contribution in [0.1, 0.15) is 82.2 Å². The molecule has 0 bridgehead atoms. The van der Waals surface area contributed by atoms with Crippen molar-refractivity contribution in [3.63, 3.8) is 0 Å². The Hall–Kier alpha value is -8.11. The van der Waals surface area contributed by atoms with Gasteiger partial charge in [0, 0.05) is 74.4 Å². The number of rotatable bonds is 15. The van der Waals surface area contributed by atoms with Gasteiger partial charge in [-0.3, -0.25) is 48.4 Å². The summed E-state index contributed by atoms with van der Waals surface area (Å²) < 4.78 is 76.9. The summed E-state index contributed by atoms with van der Waals surface area (Å²) in [6.45, 7) is 4.46. The number of piperidine rings is 2. The first kappa shape index (κ1) is 48.5. The fourth-order valence-electron chi connectivity index (χ4n) is 9.69. The molecule has 3 aliphatic heterocycles. The maximum atomic E-state index is 13.7. The van der Waals surface area contributed by atoms with Gasteiger partial charge in [-0.1, -0.05) is 48.5 Å². The number of imide groups is 2. The third-order valence-electron chi connectivity index (χ3n) is 13.5. The minimum absolute atomic E-state index is 0.0438. The summed E-state index contributed by atoms with van der Waals surface area (Å²) in [6, 6.07) is 22.0. The normalized spacial score (nSPS) is 17.1. The number of alkyl halides is 2. The lowest BCUT2D eigenvalue weighted by Crippen LogP contribution is -2.54. The number of anilines is 3. The number of nitrogens with zero attached hydrogens (tertiary/aromatic N) is 7. The second-order valence-electron chi connectivity index (χ2n) is 18.2. The molecule has 1 unspecified atom stereocenters. The van der Waals surface area contributed by atoms with E-state index >= 15 is 0 Å². The molecule has 6 heterocycles. The van der Waals surface area contributed by atoms with Gasteiger partial charge in [-0.15, -0.1) is 0 Å². The van der Waals surface area contributed by atoms with Crippen molar-refractivity contribution in [3.8, 4) is 28.1 Å². The predicted molar refractivity (Wildman–Crippen MR) is 264 cm³/mol. The fourth-order valence-corrected chi connectivity index (χ4v) is 10.3. The van der Waals surface area contributed by atoms with E-state index in [1.165, 1.54) is 42.5 Å². The molecule has 3 aromatic heterocycles. The largest absolute Gasteiger partial charge is 0.484 e. The van der Waals surface area contributed by atoms with E-state index in [0.717, 1.165) is 54.1 Å². The lowest BCUT2D eigenvalue weighted by molar-refractivity contribution is -0.136. The molecule has 3 aliphatic rings. The Morgan fingerprint density at radius 2 is 1.62 bits per heavy atom. The summed E-state index contributed by atoms with van der Waals surface area (Å²) in [7, 11) is -3.32. The number of pyridine rings is 1. The number of ether oxygens (including phenoxy) is 1. The van der Waals surface area contributed by atoms with Crippen molar-refractivity contribution in [2.45, 2.75) is 69.6 Å².